The molecule has 0 bridgehead atoms. The fourth-order valence-electron chi connectivity index (χ4n) is 1.89. The number of nitriles is 2. The molecule has 0 spiro atoms. The van der Waals surface area contributed by atoms with Gasteiger partial charge in [-0.2, -0.15) is 10.5 Å². The molecule has 0 saturated carbocycles. The fraction of sp³-hybridized carbons (Fsp3) is 0.143. The molecule has 0 aliphatic carbocycles. The first-order chi connectivity index (χ1) is 8.71. The molecule has 2 rings (SSSR count). The second kappa shape index (κ2) is 4.65. The van der Waals surface area contributed by atoms with Crippen LogP contribution in [-0.2, 0) is 0 Å². The van der Waals surface area contributed by atoms with Crippen LogP contribution in [0.15, 0.2) is 36.0 Å². The highest BCUT2D eigenvalue weighted by Gasteiger charge is 2.17. The van der Waals surface area contributed by atoms with Crippen molar-refractivity contribution in [1.29, 1.82) is 10.5 Å². The van der Waals surface area contributed by atoms with Crippen LogP contribution in [0.2, 0.25) is 0 Å². The van der Waals surface area contributed by atoms with Crippen LogP contribution in [-0.4, -0.2) is 14.2 Å². The van der Waals surface area contributed by atoms with Crippen molar-refractivity contribution in [2.45, 2.75) is 0 Å². The van der Waals surface area contributed by atoms with Crippen LogP contribution in [0.1, 0.15) is 5.56 Å². The van der Waals surface area contributed by atoms with E-state index in [1.807, 2.05) is 48.5 Å². The lowest BCUT2D eigenvalue weighted by Gasteiger charge is -2.24. The monoisotopic (exact) mass is 237 g/mol. The average Bonchev–Trinajstić information content (AvgIpc) is 2.42. The van der Waals surface area contributed by atoms with Crippen LogP contribution in [0.25, 0.3) is 5.57 Å². The lowest BCUT2D eigenvalue weighted by molar-refractivity contribution is 0.414. The predicted molar refractivity (Wildman–Crippen MR) is 68.7 cm³/mol. The van der Waals surface area contributed by atoms with E-state index in [2.05, 4.69) is 0 Å². The molecule has 0 unspecified atom stereocenters. The lowest BCUT2D eigenvalue weighted by Crippen LogP contribution is -2.14. The van der Waals surface area contributed by atoms with Gasteiger partial charge >= 0.3 is 0 Å². The first-order valence-corrected chi connectivity index (χ1v) is 5.35. The molecule has 0 aromatic heterocycles. The molecule has 0 saturated heterocycles. The summed E-state index contributed by atoms with van der Waals surface area (Å²) in [6.45, 7) is 0. The van der Waals surface area contributed by atoms with Gasteiger partial charge in [-0.05, 0) is 24.3 Å². The molecule has 18 heavy (non-hydrogen) atoms. The van der Waals surface area contributed by atoms with Gasteiger partial charge in [-0.15, -0.1) is 0 Å². The zero-order chi connectivity index (χ0) is 13.1. The van der Waals surface area contributed by atoms with Crippen molar-refractivity contribution in [2.75, 3.05) is 19.1 Å². The highest BCUT2D eigenvalue weighted by atomic mass is 16.5. The van der Waals surface area contributed by atoms with Crippen molar-refractivity contribution in [3.63, 3.8) is 0 Å². The van der Waals surface area contributed by atoms with Gasteiger partial charge < -0.3 is 9.64 Å². The second-order valence-corrected chi connectivity index (χ2v) is 3.82. The Balaban J connectivity index is 2.71. The maximum Gasteiger partial charge on any atom is 0.137 e. The molecule has 0 N–H and O–H groups in total. The molecule has 88 valence electrons. The summed E-state index contributed by atoms with van der Waals surface area (Å²) in [4.78, 5) is 1.94. The topological polar surface area (TPSA) is 60.0 Å². The van der Waals surface area contributed by atoms with Crippen LogP contribution >= 0.6 is 0 Å². The molecule has 1 aliphatic rings. The number of ether oxygens (including phenoxy) is 1. The average molecular weight is 237 g/mol. The number of allylic oxidation sites excluding steroid dienone is 3. The SMILES string of the molecule is COc1ccc2c(c1)C(=C(C#N)C#N)C=CN2C. The number of hydrogen-bond acceptors (Lipinski definition) is 4. The van der Waals surface area contributed by atoms with Crippen LogP contribution in [0.4, 0.5) is 5.69 Å². The van der Waals surface area contributed by atoms with Gasteiger partial charge in [0.2, 0.25) is 0 Å². The zero-order valence-electron chi connectivity index (χ0n) is 10.1. The third kappa shape index (κ3) is 1.81. The van der Waals surface area contributed by atoms with Crippen LogP contribution in [0.5, 0.6) is 5.75 Å². The molecule has 0 radical (unpaired) electrons. The Morgan fingerprint density at radius 3 is 2.61 bits per heavy atom. The normalized spacial score (nSPS) is 12.4. The van der Waals surface area contributed by atoms with Gasteiger partial charge in [0.15, 0.2) is 0 Å². The molecule has 1 aromatic carbocycles. The Labute approximate surface area is 106 Å². The largest absolute Gasteiger partial charge is 0.497 e. The van der Waals surface area contributed by atoms with E-state index >= 15 is 0 Å². The summed E-state index contributed by atoms with van der Waals surface area (Å²) < 4.78 is 5.18. The third-order valence-electron chi connectivity index (χ3n) is 2.83. The van der Waals surface area contributed by atoms with E-state index < -0.39 is 0 Å². The molecular formula is C14H11N3O. The fourth-order valence-corrected chi connectivity index (χ4v) is 1.89. The van der Waals surface area contributed by atoms with Gasteiger partial charge in [-0.25, -0.2) is 0 Å². The van der Waals surface area contributed by atoms with Crippen molar-refractivity contribution in [3.05, 3.63) is 41.6 Å². The van der Waals surface area contributed by atoms with Gasteiger partial charge in [-0.1, -0.05) is 0 Å². The van der Waals surface area contributed by atoms with E-state index in [0.717, 1.165) is 11.3 Å². The number of nitrogens with zero attached hydrogens (tertiary/aromatic N) is 3. The Bertz CT molecular complexity index is 613. The summed E-state index contributed by atoms with van der Waals surface area (Å²) in [6.07, 6.45) is 3.60. The van der Waals surface area contributed by atoms with E-state index in [-0.39, 0.29) is 5.57 Å². The van der Waals surface area contributed by atoms with Crippen LogP contribution in [0.3, 0.4) is 0 Å². The summed E-state index contributed by atoms with van der Waals surface area (Å²) in [6, 6.07) is 9.44. The maximum absolute atomic E-state index is 8.99. The second-order valence-electron chi connectivity index (χ2n) is 3.82. The number of hydrogen-bond donors (Lipinski definition) is 0. The Morgan fingerprint density at radius 2 is 2.00 bits per heavy atom. The number of anilines is 1. The van der Waals surface area contributed by atoms with Crippen molar-refractivity contribution < 1.29 is 4.74 Å². The van der Waals surface area contributed by atoms with E-state index in [0.29, 0.717) is 11.3 Å². The molecule has 0 atom stereocenters. The van der Waals surface area contributed by atoms with Crippen molar-refractivity contribution >= 4 is 11.3 Å². The van der Waals surface area contributed by atoms with E-state index in [4.69, 9.17) is 15.3 Å². The summed E-state index contributed by atoms with van der Waals surface area (Å²) in [5.41, 5.74) is 2.51. The Hall–Kier alpha value is -2.72. The van der Waals surface area contributed by atoms with Gasteiger partial charge in [0.25, 0.3) is 0 Å². The summed E-state index contributed by atoms with van der Waals surface area (Å²) in [7, 11) is 3.50. The zero-order valence-corrected chi connectivity index (χ0v) is 10.1. The standard InChI is InChI=1S/C14H11N3O/c1-17-6-5-12(10(8-15)9-16)13-7-11(18-2)3-4-14(13)17/h3-7H,1-2H3. The van der Waals surface area contributed by atoms with Crippen molar-refractivity contribution in [1.82, 2.24) is 0 Å². The van der Waals surface area contributed by atoms with E-state index in [9.17, 15) is 0 Å². The molecule has 1 aliphatic heterocycles. The van der Waals surface area contributed by atoms with Crippen LogP contribution in [0, 0.1) is 22.7 Å². The minimum Gasteiger partial charge on any atom is -0.497 e. The molecule has 4 nitrogen and oxygen atoms in total. The molecular weight excluding hydrogens is 226 g/mol. The van der Waals surface area contributed by atoms with Gasteiger partial charge in [0.1, 0.15) is 23.5 Å². The smallest absolute Gasteiger partial charge is 0.137 e. The summed E-state index contributed by atoms with van der Waals surface area (Å²) in [5, 5.41) is 18.0. The number of rotatable bonds is 1. The minimum absolute atomic E-state index is 0.105. The van der Waals surface area contributed by atoms with E-state index in [1.54, 1.807) is 13.2 Å². The quantitative estimate of drug-likeness (QED) is 0.704. The maximum atomic E-state index is 8.99. The van der Waals surface area contributed by atoms with Gasteiger partial charge in [0, 0.05) is 30.1 Å². The minimum atomic E-state index is 0.105. The highest BCUT2D eigenvalue weighted by Crippen LogP contribution is 2.36. The predicted octanol–water partition coefficient (Wildman–Crippen LogP) is 2.46. The molecule has 1 heterocycles. The molecule has 0 fully saturated rings. The molecule has 1 aromatic rings. The first-order valence-electron chi connectivity index (χ1n) is 5.35. The van der Waals surface area contributed by atoms with Gasteiger partial charge in [-0.3, -0.25) is 0 Å². The number of benzene rings is 1. The van der Waals surface area contributed by atoms with Crippen molar-refractivity contribution in [2.24, 2.45) is 0 Å². The lowest BCUT2D eigenvalue weighted by atomic mass is 9.96. The molecule has 4 heteroatoms. The van der Waals surface area contributed by atoms with E-state index in [1.165, 1.54) is 0 Å². The van der Waals surface area contributed by atoms with Crippen LogP contribution < -0.4 is 9.64 Å². The molecule has 0 amide bonds. The summed E-state index contributed by atoms with van der Waals surface area (Å²) in [5.74, 6) is 0.699. The number of fused-ring (bicyclic) bond motifs is 1. The Morgan fingerprint density at radius 1 is 1.28 bits per heavy atom. The third-order valence-corrected chi connectivity index (χ3v) is 2.83. The van der Waals surface area contributed by atoms with Crippen molar-refractivity contribution in [3.8, 4) is 17.9 Å². The first kappa shape index (κ1) is 11.8. The Kier molecular flexibility index (Phi) is 3.03. The van der Waals surface area contributed by atoms with Gasteiger partial charge in [0.05, 0.1) is 7.11 Å². The highest BCUT2D eigenvalue weighted by molar-refractivity contribution is 5.91. The summed E-state index contributed by atoms with van der Waals surface area (Å²) >= 11 is 0. The number of methoxy groups -OCH3 is 1.